The predicted molar refractivity (Wildman–Crippen MR) is 85.9 cm³/mol. The van der Waals surface area contributed by atoms with E-state index in [1.807, 2.05) is 0 Å². The summed E-state index contributed by atoms with van der Waals surface area (Å²) in [6, 6.07) is 6.80. The van der Waals surface area contributed by atoms with E-state index >= 15 is 0 Å². The zero-order valence-electron chi connectivity index (χ0n) is 13.0. The molecule has 1 aromatic rings. The molecular weight excluding hydrogens is 258 g/mol. The number of fused-ring (bicyclic) bond motifs is 1. The lowest BCUT2D eigenvalue weighted by atomic mass is 9.90. The number of hydrogen-bond donors (Lipinski definition) is 0. The van der Waals surface area contributed by atoms with Crippen LogP contribution in [-0.4, -0.2) is 31.1 Å². The molecule has 0 aromatic heterocycles. The Bertz CT molecular complexity index is 492. The van der Waals surface area contributed by atoms with Crippen LogP contribution in [0.2, 0.25) is 0 Å². The maximum Gasteiger partial charge on any atom is 0.122 e. The van der Waals surface area contributed by atoms with Gasteiger partial charge in [0.1, 0.15) is 5.75 Å². The third-order valence-corrected chi connectivity index (χ3v) is 5.85. The van der Waals surface area contributed by atoms with Crippen LogP contribution in [0.5, 0.6) is 5.75 Å². The van der Waals surface area contributed by atoms with Crippen LogP contribution in [0.4, 0.5) is 0 Å². The molecule has 0 bridgehead atoms. The van der Waals surface area contributed by atoms with Crippen molar-refractivity contribution in [2.75, 3.05) is 26.2 Å². The van der Waals surface area contributed by atoms with E-state index in [-0.39, 0.29) is 0 Å². The minimum Gasteiger partial charge on any atom is -0.493 e. The number of nitrogens with zero attached hydrogens (tertiary/aromatic N) is 1. The van der Waals surface area contributed by atoms with Gasteiger partial charge in [-0.25, -0.2) is 0 Å². The number of rotatable bonds is 4. The summed E-state index contributed by atoms with van der Waals surface area (Å²) < 4.78 is 5.59. The molecule has 114 valence electrons. The van der Waals surface area contributed by atoms with Crippen molar-refractivity contribution in [3.8, 4) is 5.75 Å². The van der Waals surface area contributed by atoms with Gasteiger partial charge in [0.05, 0.1) is 6.61 Å². The summed E-state index contributed by atoms with van der Waals surface area (Å²) in [6.07, 6.45) is 9.72. The highest BCUT2D eigenvalue weighted by Crippen LogP contribution is 2.36. The second kappa shape index (κ2) is 6.00. The van der Waals surface area contributed by atoms with E-state index in [0.717, 1.165) is 30.6 Å². The first-order chi connectivity index (χ1) is 10.4. The molecule has 2 heterocycles. The topological polar surface area (TPSA) is 12.5 Å². The Morgan fingerprint density at radius 3 is 2.90 bits per heavy atom. The molecule has 2 aliphatic heterocycles. The van der Waals surface area contributed by atoms with Crippen LogP contribution in [0, 0.1) is 11.8 Å². The molecule has 0 amide bonds. The normalized spacial score (nSPS) is 26.2. The van der Waals surface area contributed by atoms with Gasteiger partial charge in [-0.05, 0) is 48.4 Å². The summed E-state index contributed by atoms with van der Waals surface area (Å²) in [7, 11) is 0. The molecule has 0 radical (unpaired) electrons. The quantitative estimate of drug-likeness (QED) is 0.837. The minimum absolute atomic E-state index is 0.869. The lowest BCUT2D eigenvalue weighted by Gasteiger charge is -2.19. The zero-order chi connectivity index (χ0) is 14.1. The molecule has 1 saturated heterocycles. The first-order valence-corrected chi connectivity index (χ1v) is 8.85. The zero-order valence-corrected chi connectivity index (χ0v) is 13.0. The number of hydrogen-bond acceptors (Lipinski definition) is 2. The van der Waals surface area contributed by atoms with Crippen LogP contribution in [0.3, 0.4) is 0 Å². The lowest BCUT2D eigenvalue weighted by molar-refractivity contribution is 0.291. The van der Waals surface area contributed by atoms with Gasteiger partial charge in [0.2, 0.25) is 0 Å². The van der Waals surface area contributed by atoms with Gasteiger partial charge in [0.15, 0.2) is 0 Å². The molecule has 4 rings (SSSR count). The Morgan fingerprint density at radius 2 is 2.00 bits per heavy atom. The van der Waals surface area contributed by atoms with Crippen molar-refractivity contribution >= 4 is 0 Å². The molecule has 1 aliphatic carbocycles. The van der Waals surface area contributed by atoms with Crippen LogP contribution in [0.15, 0.2) is 18.2 Å². The van der Waals surface area contributed by atoms with Crippen molar-refractivity contribution in [3.05, 3.63) is 29.3 Å². The Kier molecular flexibility index (Phi) is 3.89. The van der Waals surface area contributed by atoms with Gasteiger partial charge in [0.25, 0.3) is 0 Å². The fraction of sp³-hybridized carbons (Fsp3) is 0.684. The molecule has 2 heteroatoms. The number of benzene rings is 1. The van der Waals surface area contributed by atoms with Crippen molar-refractivity contribution in [2.24, 2.45) is 11.8 Å². The van der Waals surface area contributed by atoms with Crippen LogP contribution in [-0.2, 0) is 12.8 Å². The van der Waals surface area contributed by atoms with Crippen molar-refractivity contribution in [1.82, 2.24) is 4.90 Å². The minimum atomic E-state index is 0.869. The molecule has 0 spiro atoms. The van der Waals surface area contributed by atoms with E-state index < -0.39 is 0 Å². The van der Waals surface area contributed by atoms with Gasteiger partial charge in [-0.3, -0.25) is 0 Å². The summed E-state index contributed by atoms with van der Waals surface area (Å²) in [4.78, 5) is 2.70. The summed E-state index contributed by atoms with van der Waals surface area (Å²) >= 11 is 0. The number of likely N-dealkylation sites (tertiary alicyclic amines) is 1. The van der Waals surface area contributed by atoms with E-state index in [4.69, 9.17) is 4.74 Å². The summed E-state index contributed by atoms with van der Waals surface area (Å²) in [5.41, 5.74) is 2.90. The highest BCUT2D eigenvalue weighted by molar-refractivity contribution is 5.39. The van der Waals surface area contributed by atoms with Gasteiger partial charge in [0, 0.05) is 19.5 Å². The first kappa shape index (κ1) is 13.6. The van der Waals surface area contributed by atoms with Gasteiger partial charge < -0.3 is 9.64 Å². The third-order valence-electron chi connectivity index (χ3n) is 5.85. The highest BCUT2D eigenvalue weighted by atomic mass is 16.5. The second-order valence-corrected chi connectivity index (χ2v) is 7.18. The van der Waals surface area contributed by atoms with E-state index in [9.17, 15) is 0 Å². The van der Waals surface area contributed by atoms with Crippen LogP contribution in [0.25, 0.3) is 0 Å². The Balaban J connectivity index is 1.29. The third kappa shape index (κ3) is 2.96. The van der Waals surface area contributed by atoms with Gasteiger partial charge in [-0.15, -0.1) is 0 Å². The smallest absolute Gasteiger partial charge is 0.122 e. The standard InChI is InChI=1S/C19H27NO/c1-2-4-16(3-1)18-8-11-20(14-18)10-7-15-5-6-19-17(13-15)9-12-21-19/h5-6,13,16,18H,1-4,7-12,14H2. The predicted octanol–water partition coefficient (Wildman–Crippen LogP) is 3.68. The van der Waals surface area contributed by atoms with Crippen molar-refractivity contribution in [1.29, 1.82) is 0 Å². The average Bonchev–Trinajstić information content (AvgIpc) is 3.24. The molecule has 21 heavy (non-hydrogen) atoms. The fourth-order valence-corrected chi connectivity index (χ4v) is 4.56. The van der Waals surface area contributed by atoms with Gasteiger partial charge in [-0.1, -0.05) is 37.8 Å². The van der Waals surface area contributed by atoms with E-state index in [2.05, 4.69) is 23.1 Å². The Labute approximate surface area is 128 Å². The highest BCUT2D eigenvalue weighted by Gasteiger charge is 2.30. The molecule has 1 saturated carbocycles. The molecular formula is C19H27NO. The van der Waals surface area contributed by atoms with Crippen LogP contribution in [0.1, 0.15) is 43.2 Å². The van der Waals surface area contributed by atoms with Crippen molar-refractivity contribution in [2.45, 2.75) is 44.9 Å². The Morgan fingerprint density at radius 1 is 1.10 bits per heavy atom. The molecule has 1 unspecified atom stereocenters. The van der Waals surface area contributed by atoms with E-state index in [0.29, 0.717) is 0 Å². The number of ether oxygens (including phenoxy) is 1. The maximum absolute atomic E-state index is 5.59. The molecule has 3 aliphatic rings. The second-order valence-electron chi connectivity index (χ2n) is 7.18. The molecule has 2 nitrogen and oxygen atoms in total. The molecule has 2 fully saturated rings. The van der Waals surface area contributed by atoms with Crippen LogP contribution < -0.4 is 4.74 Å². The maximum atomic E-state index is 5.59. The first-order valence-electron chi connectivity index (χ1n) is 8.85. The summed E-state index contributed by atoms with van der Waals surface area (Å²) in [5.74, 6) is 3.16. The average molecular weight is 285 g/mol. The largest absolute Gasteiger partial charge is 0.493 e. The molecule has 1 aromatic carbocycles. The fourth-order valence-electron chi connectivity index (χ4n) is 4.56. The van der Waals surface area contributed by atoms with Crippen molar-refractivity contribution in [3.63, 3.8) is 0 Å². The van der Waals surface area contributed by atoms with Gasteiger partial charge in [-0.2, -0.15) is 0 Å². The summed E-state index contributed by atoms with van der Waals surface area (Å²) in [6.45, 7) is 4.80. The van der Waals surface area contributed by atoms with Crippen LogP contribution >= 0.6 is 0 Å². The lowest BCUT2D eigenvalue weighted by Crippen LogP contribution is -2.24. The summed E-state index contributed by atoms with van der Waals surface area (Å²) in [5, 5.41) is 0. The van der Waals surface area contributed by atoms with E-state index in [1.165, 1.54) is 69.3 Å². The molecule has 1 atom stereocenters. The van der Waals surface area contributed by atoms with Gasteiger partial charge >= 0.3 is 0 Å². The monoisotopic (exact) mass is 285 g/mol. The molecule has 0 N–H and O–H groups in total. The SMILES string of the molecule is c1cc2c(cc1CCN1CCC(C3CCCC3)C1)CCO2. The van der Waals surface area contributed by atoms with Crippen molar-refractivity contribution < 1.29 is 4.74 Å². The Hall–Kier alpha value is -1.02. The van der Waals surface area contributed by atoms with E-state index in [1.54, 1.807) is 0 Å².